The molecule has 0 radical (unpaired) electrons. The van der Waals surface area contributed by atoms with E-state index in [1.165, 1.54) is 0 Å². The molecule has 1 aromatic carbocycles. The van der Waals surface area contributed by atoms with E-state index in [0.29, 0.717) is 19.4 Å². The summed E-state index contributed by atoms with van der Waals surface area (Å²) in [6.45, 7) is 2.08. The zero-order valence-electron chi connectivity index (χ0n) is 11.1. The summed E-state index contributed by atoms with van der Waals surface area (Å²) in [6, 6.07) is 9.10. The molecule has 0 bridgehead atoms. The third-order valence-electron chi connectivity index (χ3n) is 4.11. The minimum atomic E-state index is -4.22. The predicted octanol–water partition coefficient (Wildman–Crippen LogP) is 4.25. The van der Waals surface area contributed by atoms with Crippen molar-refractivity contribution in [3.63, 3.8) is 0 Å². The molecule has 2 rings (SSSR count). The highest BCUT2D eigenvalue weighted by molar-refractivity contribution is 5.26. The van der Waals surface area contributed by atoms with Gasteiger partial charge in [0.1, 0.15) is 5.54 Å². The summed E-state index contributed by atoms with van der Waals surface area (Å²) in [6.07, 6.45) is -1.96. The second-order valence-corrected chi connectivity index (χ2v) is 5.21. The van der Waals surface area contributed by atoms with E-state index in [4.69, 9.17) is 0 Å². The Morgan fingerprint density at radius 2 is 1.89 bits per heavy atom. The molecule has 1 nitrogen and oxygen atoms in total. The topological polar surface area (TPSA) is 12.0 Å². The third kappa shape index (κ3) is 2.64. The number of alkyl halides is 3. The molecule has 1 aliphatic carbocycles. The highest BCUT2D eigenvalue weighted by Gasteiger charge is 2.59. The fourth-order valence-corrected chi connectivity index (χ4v) is 3.28. The van der Waals surface area contributed by atoms with E-state index in [0.717, 1.165) is 12.0 Å². The molecule has 0 aliphatic heterocycles. The molecule has 19 heavy (non-hydrogen) atoms. The van der Waals surface area contributed by atoms with E-state index in [2.05, 4.69) is 5.32 Å². The van der Waals surface area contributed by atoms with E-state index in [9.17, 15) is 13.2 Å². The van der Waals surface area contributed by atoms with Gasteiger partial charge in [-0.15, -0.1) is 0 Å². The maximum absolute atomic E-state index is 13.7. The van der Waals surface area contributed by atoms with Gasteiger partial charge >= 0.3 is 6.18 Å². The van der Waals surface area contributed by atoms with Crippen LogP contribution in [0.3, 0.4) is 0 Å². The summed E-state index contributed by atoms with van der Waals surface area (Å²) < 4.78 is 41.0. The van der Waals surface area contributed by atoms with Crippen molar-refractivity contribution in [2.75, 3.05) is 6.54 Å². The molecule has 4 heteroatoms. The fourth-order valence-electron chi connectivity index (χ4n) is 3.28. The number of likely N-dealkylation sites (N-methyl/N-ethyl adjacent to an activating group) is 1. The van der Waals surface area contributed by atoms with Crippen LogP contribution >= 0.6 is 0 Å². The predicted molar refractivity (Wildman–Crippen MR) is 70.1 cm³/mol. The molecule has 1 aliphatic rings. The van der Waals surface area contributed by atoms with Crippen molar-refractivity contribution in [1.82, 2.24) is 5.32 Å². The first-order valence-electron chi connectivity index (χ1n) is 6.88. The number of hydrogen-bond acceptors (Lipinski definition) is 1. The van der Waals surface area contributed by atoms with E-state index in [1.54, 1.807) is 6.92 Å². The Hall–Kier alpha value is -1.03. The lowest BCUT2D eigenvalue weighted by molar-refractivity contribution is -0.211. The number of rotatable bonds is 3. The molecule has 0 saturated heterocycles. The first-order valence-corrected chi connectivity index (χ1v) is 6.88. The van der Waals surface area contributed by atoms with Gasteiger partial charge in [-0.2, -0.15) is 13.2 Å². The van der Waals surface area contributed by atoms with Crippen LogP contribution in [0, 0.1) is 0 Å². The van der Waals surface area contributed by atoms with E-state index in [-0.39, 0.29) is 6.42 Å². The molecule has 0 aromatic heterocycles. The highest BCUT2D eigenvalue weighted by atomic mass is 19.4. The molecule has 1 N–H and O–H groups in total. The van der Waals surface area contributed by atoms with Crippen molar-refractivity contribution < 1.29 is 13.2 Å². The van der Waals surface area contributed by atoms with Crippen molar-refractivity contribution in [1.29, 1.82) is 0 Å². The lowest BCUT2D eigenvalue weighted by atomic mass is 9.69. The SMILES string of the molecule is CCNC1(C(F)(F)F)CCCCC1c1ccccc1. The van der Waals surface area contributed by atoms with Crippen LogP contribution in [-0.2, 0) is 0 Å². The molecule has 0 spiro atoms. The second kappa shape index (κ2) is 5.53. The first-order chi connectivity index (χ1) is 9.01. The van der Waals surface area contributed by atoms with Crippen molar-refractivity contribution >= 4 is 0 Å². The van der Waals surface area contributed by atoms with Crippen LogP contribution in [0.4, 0.5) is 13.2 Å². The van der Waals surface area contributed by atoms with Gasteiger partial charge in [0.25, 0.3) is 0 Å². The van der Waals surface area contributed by atoms with Crippen LogP contribution in [0.5, 0.6) is 0 Å². The van der Waals surface area contributed by atoms with Gasteiger partial charge in [0.05, 0.1) is 0 Å². The number of benzene rings is 1. The molecule has 1 saturated carbocycles. The zero-order chi connectivity index (χ0) is 13.9. The number of nitrogens with one attached hydrogen (secondary N) is 1. The maximum Gasteiger partial charge on any atom is 0.407 e. The van der Waals surface area contributed by atoms with E-state index < -0.39 is 17.6 Å². The molecule has 2 atom stereocenters. The van der Waals surface area contributed by atoms with Gasteiger partial charge in [-0.05, 0) is 24.9 Å². The minimum Gasteiger partial charge on any atom is -0.303 e. The molecular weight excluding hydrogens is 251 g/mol. The second-order valence-electron chi connectivity index (χ2n) is 5.21. The summed E-state index contributed by atoms with van der Waals surface area (Å²) in [5.41, 5.74) is -0.970. The maximum atomic E-state index is 13.7. The molecule has 2 unspecified atom stereocenters. The number of hydrogen-bond donors (Lipinski definition) is 1. The Morgan fingerprint density at radius 1 is 1.21 bits per heavy atom. The van der Waals surface area contributed by atoms with Crippen molar-refractivity contribution in [2.45, 2.75) is 50.2 Å². The summed E-state index contributed by atoms with van der Waals surface area (Å²) in [5.74, 6) is -0.484. The van der Waals surface area contributed by atoms with Crippen LogP contribution in [0.2, 0.25) is 0 Å². The van der Waals surface area contributed by atoms with Crippen LogP contribution < -0.4 is 5.32 Å². The standard InChI is InChI=1S/C15H20F3N/c1-2-19-14(15(16,17)18)11-7-6-10-13(14)12-8-4-3-5-9-12/h3-5,8-9,13,19H,2,6-7,10-11H2,1H3. The normalized spacial score (nSPS) is 28.3. The monoisotopic (exact) mass is 271 g/mol. The third-order valence-corrected chi connectivity index (χ3v) is 4.11. The molecule has 0 amide bonds. The summed E-state index contributed by atoms with van der Waals surface area (Å²) in [4.78, 5) is 0. The molecule has 106 valence electrons. The molecular formula is C15H20F3N. The highest BCUT2D eigenvalue weighted by Crippen LogP contribution is 2.49. The zero-order valence-corrected chi connectivity index (χ0v) is 11.1. The Labute approximate surface area is 112 Å². The van der Waals surface area contributed by atoms with Crippen molar-refractivity contribution in [3.05, 3.63) is 35.9 Å². The van der Waals surface area contributed by atoms with Gasteiger partial charge in [-0.3, -0.25) is 0 Å². The van der Waals surface area contributed by atoms with Crippen LogP contribution in [0.1, 0.15) is 44.1 Å². The van der Waals surface area contributed by atoms with Gasteiger partial charge in [-0.25, -0.2) is 0 Å². The molecule has 1 aromatic rings. The summed E-state index contributed by atoms with van der Waals surface area (Å²) in [7, 11) is 0. The summed E-state index contributed by atoms with van der Waals surface area (Å²) in [5, 5.41) is 2.76. The van der Waals surface area contributed by atoms with Gasteiger partial charge in [0.2, 0.25) is 0 Å². The Bertz CT molecular complexity index is 398. The van der Waals surface area contributed by atoms with Crippen LogP contribution in [0.15, 0.2) is 30.3 Å². The van der Waals surface area contributed by atoms with E-state index >= 15 is 0 Å². The van der Waals surface area contributed by atoms with Crippen LogP contribution in [0.25, 0.3) is 0 Å². The van der Waals surface area contributed by atoms with Crippen molar-refractivity contribution in [3.8, 4) is 0 Å². The Kier molecular flexibility index (Phi) is 4.19. The summed E-state index contributed by atoms with van der Waals surface area (Å²) >= 11 is 0. The Balaban J connectivity index is 2.42. The van der Waals surface area contributed by atoms with Gasteiger partial charge in [0.15, 0.2) is 0 Å². The lowest BCUT2D eigenvalue weighted by Gasteiger charge is -2.46. The van der Waals surface area contributed by atoms with Crippen LogP contribution in [-0.4, -0.2) is 18.3 Å². The van der Waals surface area contributed by atoms with E-state index in [1.807, 2.05) is 30.3 Å². The average molecular weight is 271 g/mol. The quantitative estimate of drug-likeness (QED) is 0.866. The number of halogens is 3. The lowest BCUT2D eigenvalue weighted by Crippen LogP contribution is -2.61. The van der Waals surface area contributed by atoms with Crippen molar-refractivity contribution in [2.24, 2.45) is 0 Å². The Morgan fingerprint density at radius 3 is 2.47 bits per heavy atom. The van der Waals surface area contributed by atoms with Gasteiger partial charge in [0, 0.05) is 5.92 Å². The first kappa shape index (κ1) is 14.4. The minimum absolute atomic E-state index is 0.171. The largest absolute Gasteiger partial charge is 0.407 e. The fraction of sp³-hybridized carbons (Fsp3) is 0.600. The molecule has 1 fully saturated rings. The van der Waals surface area contributed by atoms with Gasteiger partial charge < -0.3 is 5.32 Å². The molecule has 0 heterocycles. The average Bonchev–Trinajstić information content (AvgIpc) is 2.39. The van der Waals surface area contributed by atoms with Gasteiger partial charge in [-0.1, -0.05) is 50.1 Å². The smallest absolute Gasteiger partial charge is 0.303 e.